The first-order chi connectivity index (χ1) is 12.3. The maximum atomic E-state index is 13.3. The van der Waals surface area contributed by atoms with Crippen molar-refractivity contribution < 1.29 is 18.0 Å². The summed E-state index contributed by atoms with van der Waals surface area (Å²) in [5, 5.41) is 3.60. The fourth-order valence-corrected chi connectivity index (χ4v) is 3.60. The van der Waals surface area contributed by atoms with E-state index in [0.29, 0.717) is 17.8 Å². The molecule has 1 saturated heterocycles. The number of piperidine rings is 1. The quantitative estimate of drug-likeness (QED) is 0.872. The number of hydrogen-bond donors (Lipinski definition) is 2. The van der Waals surface area contributed by atoms with Crippen LogP contribution < -0.4 is 16.0 Å². The topological polar surface area (TPSA) is 71.2 Å². The Kier molecular flexibility index (Phi) is 5.04. The lowest BCUT2D eigenvalue weighted by Gasteiger charge is -2.39. The molecule has 8 heteroatoms. The Hall–Kier alpha value is -2.35. The highest BCUT2D eigenvalue weighted by Gasteiger charge is 2.34. The number of hydrogen-bond acceptors (Lipinski definition) is 4. The summed E-state index contributed by atoms with van der Waals surface area (Å²) in [4.78, 5) is 17.0. The number of carbonyl (C=O) groups excluding carboxylic acids is 1. The number of pyridine rings is 1. The molecule has 3 rings (SSSR count). The van der Waals surface area contributed by atoms with Crippen molar-refractivity contribution in [3.63, 3.8) is 0 Å². The zero-order valence-electron chi connectivity index (χ0n) is 14.4. The van der Waals surface area contributed by atoms with Gasteiger partial charge in [-0.3, -0.25) is 9.78 Å². The lowest BCUT2D eigenvalue weighted by molar-refractivity contribution is -0.136. The van der Waals surface area contributed by atoms with Gasteiger partial charge in [-0.25, -0.2) is 0 Å². The van der Waals surface area contributed by atoms with E-state index >= 15 is 0 Å². The van der Waals surface area contributed by atoms with E-state index in [0.717, 1.165) is 24.7 Å². The number of nitrogens with zero attached hydrogens (tertiary/aromatic N) is 2. The number of carbonyl (C=O) groups is 1. The molecule has 0 radical (unpaired) electrons. The first-order valence-corrected chi connectivity index (χ1v) is 8.47. The van der Waals surface area contributed by atoms with Gasteiger partial charge in [0, 0.05) is 36.4 Å². The normalized spacial score (nSPS) is 21.2. The Morgan fingerprint density at radius 1 is 1.35 bits per heavy atom. The molecule has 2 heterocycles. The number of halogens is 3. The van der Waals surface area contributed by atoms with Crippen molar-refractivity contribution in [1.29, 1.82) is 0 Å². The standard InChI is InChI=1S/C18H21F3N4O/c1-11-7-12(24-8-16(22)26)10-25(9-11)15-5-4-14(18(19,20)21)17-13(15)3-2-6-23-17/h2-6,11-12,24H,7-10H2,1H3,(H2,22,26)/t11-,12+/m0/s1. The van der Waals surface area contributed by atoms with Gasteiger partial charge in [0.25, 0.3) is 0 Å². The van der Waals surface area contributed by atoms with Gasteiger partial charge in [0.1, 0.15) is 0 Å². The average molecular weight is 366 g/mol. The minimum absolute atomic E-state index is 0.0419. The van der Waals surface area contributed by atoms with E-state index in [1.807, 2.05) is 0 Å². The number of aromatic nitrogens is 1. The third kappa shape index (κ3) is 3.90. The highest BCUT2D eigenvalue weighted by atomic mass is 19.4. The van der Waals surface area contributed by atoms with E-state index in [9.17, 15) is 18.0 Å². The van der Waals surface area contributed by atoms with Crippen LogP contribution in [0.4, 0.5) is 18.9 Å². The minimum Gasteiger partial charge on any atom is -0.369 e. The average Bonchev–Trinajstić information content (AvgIpc) is 2.57. The second-order valence-corrected chi connectivity index (χ2v) is 6.82. The highest BCUT2D eigenvalue weighted by molar-refractivity contribution is 5.94. The molecular formula is C18H21F3N4O. The van der Waals surface area contributed by atoms with Crippen LogP contribution in [0.25, 0.3) is 10.9 Å². The molecule has 26 heavy (non-hydrogen) atoms. The maximum Gasteiger partial charge on any atom is 0.418 e. The summed E-state index contributed by atoms with van der Waals surface area (Å²) in [5.74, 6) is -0.109. The van der Waals surface area contributed by atoms with Crippen LogP contribution in [-0.2, 0) is 11.0 Å². The lowest BCUT2D eigenvalue weighted by atomic mass is 9.94. The minimum atomic E-state index is -4.45. The number of primary amides is 1. The van der Waals surface area contributed by atoms with E-state index < -0.39 is 17.6 Å². The van der Waals surface area contributed by atoms with Crippen LogP contribution in [0.1, 0.15) is 18.9 Å². The first kappa shape index (κ1) is 18.4. The van der Waals surface area contributed by atoms with Crippen LogP contribution in [0.3, 0.4) is 0 Å². The predicted octanol–water partition coefficient (Wildman–Crippen LogP) is 2.54. The largest absolute Gasteiger partial charge is 0.418 e. The molecule has 0 saturated carbocycles. The number of nitrogens with one attached hydrogen (secondary N) is 1. The van der Waals surface area contributed by atoms with Gasteiger partial charge in [-0.2, -0.15) is 13.2 Å². The van der Waals surface area contributed by atoms with Crippen LogP contribution in [0.15, 0.2) is 30.5 Å². The number of rotatable bonds is 4. The first-order valence-electron chi connectivity index (χ1n) is 8.47. The molecule has 1 fully saturated rings. The Bertz CT molecular complexity index is 809. The van der Waals surface area contributed by atoms with E-state index in [1.165, 1.54) is 12.3 Å². The molecule has 1 aromatic carbocycles. The summed E-state index contributed by atoms with van der Waals surface area (Å²) < 4.78 is 39.9. The maximum absolute atomic E-state index is 13.3. The van der Waals surface area contributed by atoms with Crippen LogP contribution in [0.2, 0.25) is 0 Å². The van der Waals surface area contributed by atoms with Gasteiger partial charge >= 0.3 is 6.18 Å². The van der Waals surface area contributed by atoms with Gasteiger partial charge in [0.15, 0.2) is 0 Å². The zero-order valence-corrected chi connectivity index (χ0v) is 14.4. The molecule has 0 aliphatic carbocycles. The van der Waals surface area contributed by atoms with Gasteiger partial charge < -0.3 is 16.0 Å². The van der Waals surface area contributed by atoms with Crippen LogP contribution >= 0.6 is 0 Å². The Labute approximate surface area is 149 Å². The molecule has 1 aliphatic rings. The monoisotopic (exact) mass is 366 g/mol. The van der Waals surface area contributed by atoms with Crippen molar-refractivity contribution in [3.05, 3.63) is 36.0 Å². The molecule has 1 aliphatic heterocycles. The van der Waals surface area contributed by atoms with Gasteiger partial charge in [-0.05, 0) is 36.6 Å². The highest BCUT2D eigenvalue weighted by Crippen LogP contribution is 2.38. The van der Waals surface area contributed by atoms with Crippen LogP contribution in [0, 0.1) is 5.92 Å². The molecule has 5 nitrogen and oxygen atoms in total. The van der Waals surface area contributed by atoms with Crippen molar-refractivity contribution in [2.24, 2.45) is 11.7 Å². The van der Waals surface area contributed by atoms with Crippen molar-refractivity contribution in [1.82, 2.24) is 10.3 Å². The third-order valence-electron chi connectivity index (χ3n) is 4.62. The third-order valence-corrected chi connectivity index (χ3v) is 4.62. The Morgan fingerprint density at radius 3 is 2.81 bits per heavy atom. The zero-order chi connectivity index (χ0) is 18.9. The summed E-state index contributed by atoms with van der Waals surface area (Å²) in [7, 11) is 0. The summed E-state index contributed by atoms with van der Waals surface area (Å²) in [5.41, 5.74) is 5.14. The van der Waals surface area contributed by atoms with Crippen molar-refractivity contribution in [2.75, 3.05) is 24.5 Å². The number of amides is 1. The number of benzene rings is 1. The summed E-state index contributed by atoms with van der Waals surface area (Å²) >= 11 is 0. The molecule has 3 N–H and O–H groups in total. The van der Waals surface area contributed by atoms with Crippen molar-refractivity contribution >= 4 is 22.5 Å². The van der Waals surface area contributed by atoms with Gasteiger partial charge in [-0.15, -0.1) is 0 Å². The van der Waals surface area contributed by atoms with Crippen molar-refractivity contribution in [2.45, 2.75) is 25.6 Å². The van der Waals surface area contributed by atoms with E-state index in [4.69, 9.17) is 5.73 Å². The Morgan fingerprint density at radius 2 is 2.12 bits per heavy atom. The molecule has 2 atom stereocenters. The molecule has 1 amide bonds. The van der Waals surface area contributed by atoms with Crippen molar-refractivity contribution in [3.8, 4) is 0 Å². The molecule has 1 aromatic heterocycles. The SMILES string of the molecule is C[C@H]1C[C@@H](NCC(N)=O)CN(c2ccc(C(F)(F)F)c3ncccc23)C1. The molecule has 0 unspecified atom stereocenters. The molecule has 0 spiro atoms. The Balaban J connectivity index is 1.96. The smallest absolute Gasteiger partial charge is 0.369 e. The number of fused-ring (bicyclic) bond motifs is 1. The fourth-order valence-electron chi connectivity index (χ4n) is 3.60. The molecule has 140 valence electrons. The molecule has 2 aromatic rings. The predicted molar refractivity (Wildman–Crippen MR) is 93.7 cm³/mol. The summed E-state index contributed by atoms with van der Waals surface area (Å²) in [6.45, 7) is 3.48. The molecular weight excluding hydrogens is 345 g/mol. The summed E-state index contributed by atoms with van der Waals surface area (Å²) in [6, 6.07) is 5.95. The van der Waals surface area contributed by atoms with Crippen LogP contribution in [-0.4, -0.2) is 36.6 Å². The molecule has 0 bridgehead atoms. The van der Waals surface area contributed by atoms with E-state index in [2.05, 4.69) is 22.1 Å². The van der Waals surface area contributed by atoms with Gasteiger partial charge in [-0.1, -0.05) is 6.92 Å². The lowest BCUT2D eigenvalue weighted by Crippen LogP contribution is -2.50. The fraction of sp³-hybridized carbons (Fsp3) is 0.444. The number of nitrogens with two attached hydrogens (primary N) is 1. The summed E-state index contributed by atoms with van der Waals surface area (Å²) in [6.07, 6.45) is -2.20. The second kappa shape index (κ2) is 7.11. The second-order valence-electron chi connectivity index (χ2n) is 6.82. The van der Waals surface area contributed by atoms with Crippen LogP contribution in [0.5, 0.6) is 0 Å². The van der Waals surface area contributed by atoms with E-state index in [1.54, 1.807) is 12.1 Å². The van der Waals surface area contributed by atoms with Gasteiger partial charge in [0.05, 0.1) is 17.6 Å². The number of alkyl halides is 3. The van der Waals surface area contributed by atoms with E-state index in [-0.39, 0.29) is 18.1 Å². The van der Waals surface area contributed by atoms with Gasteiger partial charge in [0.2, 0.25) is 5.91 Å². The number of anilines is 1.